The van der Waals surface area contributed by atoms with E-state index in [1.807, 2.05) is 94.1 Å². The van der Waals surface area contributed by atoms with E-state index in [0.717, 1.165) is 23.4 Å². The molecule has 2 unspecified atom stereocenters. The summed E-state index contributed by atoms with van der Waals surface area (Å²) in [4.78, 5) is 71.6. The molecule has 1 aromatic carbocycles. The predicted octanol–water partition coefficient (Wildman–Crippen LogP) is 4.50. The zero-order valence-corrected chi connectivity index (χ0v) is 43.0. The zero-order valence-electron chi connectivity index (χ0n) is 42.1. The van der Waals surface area contributed by atoms with Crippen LogP contribution in [0.3, 0.4) is 0 Å². The van der Waals surface area contributed by atoms with Crippen LogP contribution in [0.15, 0.2) is 41.9 Å². The molecule has 1 aromatic heterocycles. The topological polar surface area (TPSA) is 196 Å². The molecule has 2 aromatic rings. The third kappa shape index (κ3) is 18.0. The van der Waals surface area contributed by atoms with Crippen molar-refractivity contribution in [1.82, 2.24) is 30.3 Å². The summed E-state index contributed by atoms with van der Waals surface area (Å²) < 4.78 is 28.8. The number of nitrogens with two attached hydrogens (primary N) is 1. The predicted molar refractivity (Wildman–Crippen MR) is 260 cm³/mol. The molecule has 18 heteroatoms. The molecule has 0 bridgehead atoms. The second kappa shape index (κ2) is 30.8. The number of carbonyl (C=O) groups excluding carboxylic acids is 4. The molecule has 0 saturated carbocycles. The number of likely N-dealkylation sites (tertiary alicyclic amines) is 1. The number of nitrogens with one attached hydrogen (secondary N) is 2. The molecule has 380 valence electrons. The maximum Gasteiger partial charge on any atom is 0.245 e. The van der Waals surface area contributed by atoms with Crippen LogP contribution in [0.5, 0.6) is 0 Å². The second-order valence-electron chi connectivity index (χ2n) is 18.3. The fourth-order valence-corrected chi connectivity index (χ4v) is 9.74. The van der Waals surface area contributed by atoms with Crippen LogP contribution in [0, 0.1) is 23.7 Å². The van der Waals surface area contributed by atoms with Gasteiger partial charge >= 0.3 is 0 Å². The Labute approximate surface area is 404 Å². The number of aromatic nitrogens is 1. The molecule has 0 radical (unpaired) electrons. The van der Waals surface area contributed by atoms with Crippen LogP contribution in [0.2, 0.25) is 0 Å². The highest BCUT2D eigenvalue weighted by Gasteiger charge is 2.43. The molecule has 1 saturated heterocycles. The minimum absolute atomic E-state index is 0.0203. The van der Waals surface area contributed by atoms with Gasteiger partial charge < -0.3 is 49.0 Å². The Bertz CT molecular complexity index is 1710. The van der Waals surface area contributed by atoms with E-state index >= 15 is 0 Å². The highest BCUT2D eigenvalue weighted by molar-refractivity contribution is 7.09. The van der Waals surface area contributed by atoms with Crippen LogP contribution in [-0.4, -0.2) is 167 Å². The molecule has 4 N–H and O–H groups in total. The smallest absolute Gasteiger partial charge is 0.245 e. The summed E-state index contributed by atoms with van der Waals surface area (Å²) >= 11 is 1.50. The molecule has 3 rings (SSSR count). The number of ether oxygens (including phenoxy) is 5. The first-order valence-corrected chi connectivity index (χ1v) is 24.9. The van der Waals surface area contributed by atoms with Gasteiger partial charge in [-0.05, 0) is 49.6 Å². The number of likely N-dealkylation sites (N-methyl/N-ethyl adjacent to an activating group) is 2. The maximum absolute atomic E-state index is 14.6. The zero-order chi connectivity index (χ0) is 49.5. The number of hydrogen-bond acceptors (Lipinski definition) is 14. The molecule has 1 aliphatic heterocycles. The number of thiazole rings is 1. The van der Waals surface area contributed by atoms with E-state index in [4.69, 9.17) is 29.6 Å². The Morgan fingerprint density at radius 3 is 2.06 bits per heavy atom. The molecular formula is C49H83N7O10S. The Kier molecular flexibility index (Phi) is 26.5. The van der Waals surface area contributed by atoms with Gasteiger partial charge in [0.05, 0.1) is 95.0 Å². The fourth-order valence-electron chi connectivity index (χ4n) is 9.05. The average molecular weight is 962 g/mol. The number of rotatable bonds is 33. The molecule has 9 atom stereocenters. The number of hydrogen-bond donors (Lipinski definition) is 3. The van der Waals surface area contributed by atoms with Crippen LogP contribution < -0.4 is 16.5 Å². The van der Waals surface area contributed by atoms with Crippen molar-refractivity contribution in [1.29, 1.82) is 0 Å². The lowest BCUT2D eigenvalue weighted by Crippen LogP contribution is -2.60. The Hall–Kier alpha value is -3.59. The lowest BCUT2D eigenvalue weighted by atomic mass is 9.89. The van der Waals surface area contributed by atoms with E-state index in [1.165, 1.54) is 11.3 Å². The highest BCUT2D eigenvalue weighted by Crippen LogP contribution is 2.31. The van der Waals surface area contributed by atoms with Gasteiger partial charge in [0.1, 0.15) is 11.0 Å². The summed E-state index contributed by atoms with van der Waals surface area (Å²) in [7, 11) is 6.79. The number of methoxy groups -OCH3 is 2. The van der Waals surface area contributed by atoms with E-state index < -0.39 is 36.3 Å². The summed E-state index contributed by atoms with van der Waals surface area (Å²) in [6.45, 7) is 17.6. The molecule has 1 aliphatic rings. The molecule has 17 nitrogen and oxygen atoms in total. The fraction of sp³-hybridized carbons (Fsp3) is 0.735. The lowest BCUT2D eigenvalue weighted by molar-refractivity contribution is -0.148. The molecular weight excluding hydrogens is 879 g/mol. The van der Waals surface area contributed by atoms with E-state index in [-0.39, 0.29) is 59.9 Å². The van der Waals surface area contributed by atoms with Crippen LogP contribution in [-0.2, 0) is 54.1 Å². The first kappa shape index (κ1) is 57.7. The maximum atomic E-state index is 14.6. The van der Waals surface area contributed by atoms with Crippen molar-refractivity contribution in [3.05, 3.63) is 52.5 Å². The number of benzene rings is 1. The number of carbonyl (C=O) groups is 4. The Balaban J connectivity index is 1.68. The SMILES string of the molecule is CC[C@H](C)C([C@@H](CC(=O)N1CCC[C@H]1[C@H](OC)[C@@H](C)C(=O)N[C@@H](Cc1ccccc1)c1nccs1)OC)N(C)C(=O)[C@@H](NC(=O)C(C(C)C)N(C)CCOCCOCCOCCON)C(C)C. The third-order valence-electron chi connectivity index (χ3n) is 12.9. The van der Waals surface area contributed by atoms with Gasteiger partial charge in [-0.1, -0.05) is 85.2 Å². The van der Waals surface area contributed by atoms with Crippen molar-refractivity contribution in [3.63, 3.8) is 0 Å². The van der Waals surface area contributed by atoms with Gasteiger partial charge in [-0.15, -0.1) is 11.3 Å². The van der Waals surface area contributed by atoms with Gasteiger partial charge in [0, 0.05) is 45.9 Å². The summed E-state index contributed by atoms with van der Waals surface area (Å²) in [5.41, 5.74) is 1.08. The van der Waals surface area contributed by atoms with Gasteiger partial charge in [0.25, 0.3) is 0 Å². The summed E-state index contributed by atoms with van der Waals surface area (Å²) in [5.74, 6) is 3.27. The third-order valence-corrected chi connectivity index (χ3v) is 13.8. The molecule has 0 spiro atoms. The van der Waals surface area contributed by atoms with Crippen molar-refractivity contribution in [2.75, 3.05) is 87.7 Å². The molecule has 2 heterocycles. The molecule has 67 heavy (non-hydrogen) atoms. The molecule has 1 fully saturated rings. The lowest BCUT2D eigenvalue weighted by Gasteiger charge is -2.41. The number of nitrogens with zero attached hydrogens (tertiary/aromatic N) is 4. The van der Waals surface area contributed by atoms with Crippen LogP contribution >= 0.6 is 11.3 Å². The monoisotopic (exact) mass is 962 g/mol. The van der Waals surface area contributed by atoms with Crippen LogP contribution in [0.4, 0.5) is 0 Å². The van der Waals surface area contributed by atoms with E-state index in [0.29, 0.717) is 72.2 Å². The van der Waals surface area contributed by atoms with Gasteiger partial charge in [-0.25, -0.2) is 10.9 Å². The standard InChI is InChI=1S/C49H83N7O10S/c1-12-35(6)44(55(9)49(60)42(33(2)3)53-47(59)43(34(4)5)54(8)22-23-63-24-25-64-26-27-65-28-29-66-50)40(61-10)32-41(57)56-21-16-19-39(56)45(62-11)36(7)46(58)52-38(48-51-20-30-67-48)31-37-17-14-13-15-18-37/h13-15,17-18,20,30,33-36,38-40,42-45H,12,16,19,21-29,31-32,50H2,1-11H3,(H,52,58)(H,53,59)/t35-,36+,38-,39-,40+,42-,43?,44?,45+/m0/s1. The minimum Gasteiger partial charge on any atom is -0.379 e. The Morgan fingerprint density at radius 2 is 1.51 bits per heavy atom. The summed E-state index contributed by atoms with van der Waals surface area (Å²) in [6.07, 6.45) is 3.30. The Morgan fingerprint density at radius 1 is 0.866 bits per heavy atom. The first-order valence-electron chi connectivity index (χ1n) is 24.0. The van der Waals surface area contributed by atoms with E-state index in [2.05, 4.69) is 27.4 Å². The van der Waals surface area contributed by atoms with Gasteiger partial charge in [-0.3, -0.25) is 24.1 Å². The quantitative estimate of drug-likeness (QED) is 0.0669. The normalized spacial score (nSPS) is 17.8. The van der Waals surface area contributed by atoms with Crippen molar-refractivity contribution in [3.8, 4) is 0 Å². The highest BCUT2D eigenvalue weighted by atomic mass is 32.1. The minimum atomic E-state index is -0.826. The molecule has 4 amide bonds. The molecule has 0 aliphatic carbocycles. The van der Waals surface area contributed by atoms with Crippen LogP contribution in [0.25, 0.3) is 0 Å². The largest absolute Gasteiger partial charge is 0.379 e. The second-order valence-corrected chi connectivity index (χ2v) is 19.2. The van der Waals surface area contributed by atoms with Gasteiger partial charge in [0.2, 0.25) is 23.6 Å². The van der Waals surface area contributed by atoms with Crippen molar-refractivity contribution < 1.29 is 47.7 Å². The van der Waals surface area contributed by atoms with Crippen molar-refractivity contribution >= 4 is 35.0 Å². The van der Waals surface area contributed by atoms with Crippen LogP contribution in [0.1, 0.15) is 90.8 Å². The first-order chi connectivity index (χ1) is 32.1. The summed E-state index contributed by atoms with van der Waals surface area (Å²) in [6, 6.07) is 7.52. The number of amides is 4. The van der Waals surface area contributed by atoms with Crippen molar-refractivity contribution in [2.45, 2.75) is 123 Å². The van der Waals surface area contributed by atoms with Crippen molar-refractivity contribution in [2.24, 2.45) is 29.6 Å². The van der Waals surface area contributed by atoms with E-state index in [1.54, 1.807) is 32.4 Å². The summed E-state index contributed by atoms with van der Waals surface area (Å²) in [5, 5.41) is 9.07. The van der Waals surface area contributed by atoms with E-state index in [9.17, 15) is 19.2 Å². The van der Waals surface area contributed by atoms with Gasteiger partial charge in [0.15, 0.2) is 0 Å². The van der Waals surface area contributed by atoms with Gasteiger partial charge in [-0.2, -0.15) is 0 Å². The average Bonchev–Trinajstić information content (AvgIpc) is 4.03.